The fourth-order valence-corrected chi connectivity index (χ4v) is 1.39. The SMILES string of the molecule is CC(=O)SCC#Cc1ccc(Cl)cc1O. The molecular formula is C11H9ClO2S. The number of halogens is 1. The van der Waals surface area contributed by atoms with Gasteiger partial charge in [-0.2, -0.15) is 0 Å². The highest BCUT2D eigenvalue weighted by Gasteiger charge is 1.97. The Morgan fingerprint density at radius 2 is 2.33 bits per heavy atom. The second kappa shape index (κ2) is 5.69. The average molecular weight is 241 g/mol. The van der Waals surface area contributed by atoms with Gasteiger partial charge in [0.1, 0.15) is 5.75 Å². The molecule has 0 unspecified atom stereocenters. The third-order valence-electron chi connectivity index (χ3n) is 1.53. The molecule has 1 rings (SSSR count). The molecule has 0 aliphatic carbocycles. The molecular weight excluding hydrogens is 232 g/mol. The first-order chi connectivity index (χ1) is 7.09. The zero-order chi connectivity index (χ0) is 11.3. The minimum atomic E-state index is 0.0321. The Hall–Kier alpha value is -1.11. The molecule has 1 aromatic rings. The van der Waals surface area contributed by atoms with Gasteiger partial charge >= 0.3 is 0 Å². The number of phenolic OH excluding ortho intramolecular Hbond substituents is 1. The Morgan fingerprint density at radius 1 is 1.60 bits per heavy atom. The van der Waals surface area contributed by atoms with E-state index in [0.29, 0.717) is 16.3 Å². The van der Waals surface area contributed by atoms with E-state index in [4.69, 9.17) is 11.6 Å². The van der Waals surface area contributed by atoms with E-state index in [2.05, 4.69) is 11.8 Å². The lowest BCUT2D eigenvalue weighted by Gasteiger charge is -1.96. The second-order valence-corrected chi connectivity index (χ2v) is 4.33. The van der Waals surface area contributed by atoms with Crippen LogP contribution in [0.2, 0.25) is 5.02 Å². The highest BCUT2D eigenvalue weighted by molar-refractivity contribution is 8.13. The molecule has 0 spiro atoms. The quantitative estimate of drug-likeness (QED) is 0.767. The van der Waals surface area contributed by atoms with Crippen molar-refractivity contribution in [3.05, 3.63) is 28.8 Å². The van der Waals surface area contributed by atoms with Gasteiger partial charge in [0.2, 0.25) is 0 Å². The number of hydrogen-bond acceptors (Lipinski definition) is 3. The fourth-order valence-electron chi connectivity index (χ4n) is 0.880. The van der Waals surface area contributed by atoms with E-state index in [-0.39, 0.29) is 10.9 Å². The van der Waals surface area contributed by atoms with Crippen LogP contribution in [0.5, 0.6) is 5.75 Å². The molecule has 0 atom stereocenters. The number of thioether (sulfide) groups is 1. The average Bonchev–Trinajstić information content (AvgIpc) is 2.14. The van der Waals surface area contributed by atoms with Crippen molar-refractivity contribution in [2.45, 2.75) is 6.92 Å². The van der Waals surface area contributed by atoms with E-state index >= 15 is 0 Å². The van der Waals surface area contributed by atoms with Crippen LogP contribution in [-0.2, 0) is 4.79 Å². The summed E-state index contributed by atoms with van der Waals surface area (Å²) in [6.45, 7) is 1.49. The normalized spacial score (nSPS) is 9.20. The lowest BCUT2D eigenvalue weighted by molar-refractivity contribution is -0.109. The number of phenols is 1. The summed E-state index contributed by atoms with van der Waals surface area (Å²) in [5.74, 6) is 6.03. The predicted octanol–water partition coefficient (Wildman–Crippen LogP) is 2.68. The van der Waals surface area contributed by atoms with Crippen molar-refractivity contribution in [2.75, 3.05) is 5.75 Å². The Balaban J connectivity index is 2.67. The summed E-state index contributed by atoms with van der Waals surface area (Å²) >= 11 is 6.80. The van der Waals surface area contributed by atoms with Crippen LogP contribution < -0.4 is 0 Å². The minimum Gasteiger partial charge on any atom is -0.507 e. The fraction of sp³-hybridized carbons (Fsp3) is 0.182. The van der Waals surface area contributed by atoms with Crippen molar-refractivity contribution in [1.29, 1.82) is 0 Å². The number of benzene rings is 1. The van der Waals surface area contributed by atoms with Gasteiger partial charge < -0.3 is 5.11 Å². The van der Waals surface area contributed by atoms with Crippen molar-refractivity contribution in [3.63, 3.8) is 0 Å². The number of aromatic hydroxyl groups is 1. The lowest BCUT2D eigenvalue weighted by atomic mass is 10.2. The van der Waals surface area contributed by atoms with Crippen molar-refractivity contribution in [1.82, 2.24) is 0 Å². The van der Waals surface area contributed by atoms with Crippen LogP contribution in [0, 0.1) is 11.8 Å². The summed E-state index contributed by atoms with van der Waals surface area (Å²) in [6.07, 6.45) is 0. The van der Waals surface area contributed by atoms with Crippen molar-refractivity contribution < 1.29 is 9.90 Å². The molecule has 0 aromatic heterocycles. The van der Waals surface area contributed by atoms with Crippen LogP contribution in [0.15, 0.2) is 18.2 Å². The third-order valence-corrected chi connectivity index (χ3v) is 2.46. The Kier molecular flexibility index (Phi) is 4.54. The van der Waals surface area contributed by atoms with E-state index in [1.807, 2.05) is 0 Å². The maximum absolute atomic E-state index is 10.6. The third kappa shape index (κ3) is 4.28. The molecule has 0 saturated heterocycles. The first-order valence-electron chi connectivity index (χ1n) is 4.20. The largest absolute Gasteiger partial charge is 0.507 e. The molecule has 78 valence electrons. The van der Waals surface area contributed by atoms with Gasteiger partial charge in [-0.3, -0.25) is 4.79 Å². The van der Waals surface area contributed by atoms with Gasteiger partial charge in [0, 0.05) is 11.9 Å². The van der Waals surface area contributed by atoms with Crippen molar-refractivity contribution in [2.24, 2.45) is 0 Å². The van der Waals surface area contributed by atoms with Crippen LogP contribution in [0.3, 0.4) is 0 Å². The Labute approximate surface area is 97.6 Å². The first-order valence-corrected chi connectivity index (χ1v) is 5.56. The smallest absolute Gasteiger partial charge is 0.186 e. The molecule has 0 aliphatic heterocycles. The predicted molar refractivity (Wildman–Crippen MR) is 63.1 cm³/mol. The van der Waals surface area contributed by atoms with Gasteiger partial charge in [-0.15, -0.1) is 0 Å². The van der Waals surface area contributed by atoms with Gasteiger partial charge in [0.15, 0.2) is 5.12 Å². The highest BCUT2D eigenvalue weighted by Crippen LogP contribution is 2.20. The molecule has 0 saturated carbocycles. The van der Waals surface area contributed by atoms with Crippen LogP contribution >= 0.6 is 23.4 Å². The molecule has 0 aliphatic rings. The zero-order valence-corrected chi connectivity index (χ0v) is 9.65. The summed E-state index contributed by atoms with van der Waals surface area (Å²) in [5, 5.41) is 9.94. The van der Waals surface area contributed by atoms with Crippen LogP contribution in [-0.4, -0.2) is 16.0 Å². The van der Waals surface area contributed by atoms with Gasteiger partial charge in [0.05, 0.1) is 11.3 Å². The lowest BCUT2D eigenvalue weighted by Crippen LogP contribution is -1.82. The van der Waals surface area contributed by atoms with Crippen molar-refractivity contribution >= 4 is 28.5 Å². The molecule has 1 N–H and O–H groups in total. The maximum atomic E-state index is 10.6. The van der Waals surface area contributed by atoms with Gasteiger partial charge in [-0.1, -0.05) is 35.2 Å². The second-order valence-electron chi connectivity index (χ2n) is 2.74. The van der Waals surface area contributed by atoms with Crippen LogP contribution in [0.25, 0.3) is 0 Å². The molecule has 0 radical (unpaired) electrons. The molecule has 0 amide bonds. The van der Waals surface area contributed by atoms with E-state index in [0.717, 1.165) is 11.8 Å². The molecule has 15 heavy (non-hydrogen) atoms. The Morgan fingerprint density at radius 3 is 2.93 bits per heavy atom. The number of rotatable bonds is 1. The standard InChI is InChI=1S/C11H9ClO2S/c1-8(13)15-6-2-3-9-4-5-10(12)7-11(9)14/h4-5,7,14H,6H2,1H3. The number of carbonyl (C=O) groups excluding carboxylic acids is 1. The number of hydrogen-bond donors (Lipinski definition) is 1. The van der Waals surface area contributed by atoms with Crippen molar-refractivity contribution in [3.8, 4) is 17.6 Å². The topological polar surface area (TPSA) is 37.3 Å². The van der Waals surface area contributed by atoms with Gasteiger partial charge in [-0.25, -0.2) is 0 Å². The van der Waals surface area contributed by atoms with Crippen LogP contribution in [0.4, 0.5) is 0 Å². The summed E-state index contributed by atoms with van der Waals surface area (Å²) in [5.41, 5.74) is 0.517. The first kappa shape index (κ1) is 12.0. The highest BCUT2D eigenvalue weighted by atomic mass is 35.5. The van der Waals surface area contributed by atoms with Gasteiger partial charge in [0.25, 0.3) is 0 Å². The molecule has 1 aromatic carbocycles. The van der Waals surface area contributed by atoms with Crippen LogP contribution in [0.1, 0.15) is 12.5 Å². The molecule has 2 nitrogen and oxygen atoms in total. The number of carbonyl (C=O) groups is 1. The summed E-state index contributed by atoms with van der Waals surface area (Å²) < 4.78 is 0. The van der Waals surface area contributed by atoms with E-state index in [1.54, 1.807) is 12.1 Å². The minimum absolute atomic E-state index is 0.0321. The Bertz CT molecular complexity index is 432. The maximum Gasteiger partial charge on any atom is 0.186 e. The summed E-state index contributed by atoms with van der Waals surface area (Å²) in [6, 6.07) is 4.73. The summed E-state index contributed by atoms with van der Waals surface area (Å²) in [4.78, 5) is 10.6. The monoisotopic (exact) mass is 240 g/mol. The zero-order valence-electron chi connectivity index (χ0n) is 8.08. The van der Waals surface area contributed by atoms with E-state index in [1.165, 1.54) is 13.0 Å². The van der Waals surface area contributed by atoms with Gasteiger partial charge in [-0.05, 0) is 18.2 Å². The summed E-state index contributed by atoms with van der Waals surface area (Å²) in [7, 11) is 0. The molecule has 0 bridgehead atoms. The van der Waals surface area contributed by atoms with E-state index < -0.39 is 0 Å². The molecule has 0 heterocycles. The molecule has 4 heteroatoms. The van der Waals surface area contributed by atoms with E-state index in [9.17, 15) is 9.90 Å². The molecule has 0 fully saturated rings.